The van der Waals surface area contributed by atoms with Gasteiger partial charge >= 0.3 is 0 Å². The van der Waals surface area contributed by atoms with Gasteiger partial charge in [-0.15, -0.1) is 0 Å². The van der Waals surface area contributed by atoms with Crippen LogP contribution in [0, 0.1) is 0 Å². The van der Waals surface area contributed by atoms with E-state index in [4.69, 9.17) is 0 Å². The first-order chi connectivity index (χ1) is 5.02. The van der Waals surface area contributed by atoms with Crippen molar-refractivity contribution in [2.24, 2.45) is 0 Å². The van der Waals surface area contributed by atoms with Crippen LogP contribution in [0.15, 0.2) is 0 Å². The van der Waals surface area contributed by atoms with Gasteiger partial charge in [-0.1, -0.05) is 11.8 Å². The Morgan fingerprint density at radius 2 is 1.82 bits per heavy atom. The molecule has 1 heterocycles. The van der Waals surface area contributed by atoms with Crippen LogP contribution in [0.4, 0.5) is 22.0 Å². The van der Waals surface area contributed by atoms with Crippen molar-refractivity contribution in [1.29, 1.82) is 0 Å². The van der Waals surface area contributed by atoms with Crippen LogP contribution in [0.5, 0.6) is 0 Å². The van der Waals surface area contributed by atoms with E-state index < -0.39 is 29.5 Å². The molecule has 0 nitrogen and oxygen atoms in total. The highest BCUT2D eigenvalue weighted by Crippen LogP contribution is 2.47. The summed E-state index contributed by atoms with van der Waals surface area (Å²) in [7, 11) is 0. The van der Waals surface area contributed by atoms with E-state index in [1.807, 2.05) is 0 Å². The molecule has 0 aromatic carbocycles. The zero-order valence-electron chi connectivity index (χ0n) is 5.24. The SMILES string of the molecule is FCC1(F)C(F)SC(F)C1F. The lowest BCUT2D eigenvalue weighted by atomic mass is 10.1. The van der Waals surface area contributed by atoms with Crippen molar-refractivity contribution in [3.63, 3.8) is 0 Å². The van der Waals surface area contributed by atoms with E-state index in [9.17, 15) is 22.0 Å². The highest BCUT2D eigenvalue weighted by atomic mass is 32.2. The highest BCUT2D eigenvalue weighted by molar-refractivity contribution is 8.00. The van der Waals surface area contributed by atoms with Crippen LogP contribution >= 0.6 is 11.8 Å². The van der Waals surface area contributed by atoms with Crippen molar-refractivity contribution in [2.45, 2.75) is 22.8 Å². The van der Waals surface area contributed by atoms with Gasteiger partial charge in [0.15, 0.2) is 17.2 Å². The number of hydrogen-bond donors (Lipinski definition) is 0. The maximum absolute atomic E-state index is 12.7. The molecular formula is C5H5F5S. The van der Waals surface area contributed by atoms with Crippen LogP contribution in [0.2, 0.25) is 0 Å². The average molecular weight is 192 g/mol. The molecule has 1 rings (SSSR count). The lowest BCUT2D eigenvalue weighted by Gasteiger charge is -2.18. The first-order valence-corrected chi connectivity index (χ1v) is 3.79. The molecule has 4 unspecified atom stereocenters. The van der Waals surface area contributed by atoms with E-state index >= 15 is 0 Å². The largest absolute Gasteiger partial charge is 0.247 e. The van der Waals surface area contributed by atoms with Crippen LogP contribution < -0.4 is 0 Å². The molecule has 0 radical (unpaired) electrons. The fourth-order valence-electron chi connectivity index (χ4n) is 0.774. The summed E-state index contributed by atoms with van der Waals surface area (Å²) >= 11 is -0.163. The molecule has 4 atom stereocenters. The second kappa shape index (κ2) is 2.80. The Kier molecular flexibility index (Phi) is 2.32. The van der Waals surface area contributed by atoms with Gasteiger partial charge in [-0.3, -0.25) is 0 Å². The monoisotopic (exact) mass is 192 g/mol. The van der Waals surface area contributed by atoms with Crippen LogP contribution in [-0.4, -0.2) is 29.5 Å². The van der Waals surface area contributed by atoms with Crippen molar-refractivity contribution in [3.8, 4) is 0 Å². The molecule has 0 saturated carbocycles. The van der Waals surface area contributed by atoms with Crippen molar-refractivity contribution in [1.82, 2.24) is 0 Å². The van der Waals surface area contributed by atoms with Gasteiger partial charge in [0.2, 0.25) is 5.67 Å². The topological polar surface area (TPSA) is 0 Å². The third kappa shape index (κ3) is 1.21. The zero-order valence-corrected chi connectivity index (χ0v) is 6.05. The Bertz CT molecular complexity index is 154. The quantitative estimate of drug-likeness (QED) is 0.574. The Hall–Kier alpha value is -0.0000000000000000555. The minimum atomic E-state index is -3.29. The van der Waals surface area contributed by atoms with Crippen molar-refractivity contribution in [2.75, 3.05) is 6.67 Å². The first-order valence-electron chi connectivity index (χ1n) is 2.85. The lowest BCUT2D eigenvalue weighted by molar-refractivity contribution is -0.00874. The smallest absolute Gasteiger partial charge is 0.214 e. The van der Waals surface area contributed by atoms with Crippen molar-refractivity contribution < 1.29 is 22.0 Å². The molecule has 0 aromatic rings. The number of thioether (sulfide) groups is 1. The summed E-state index contributed by atoms with van der Waals surface area (Å²) in [5.74, 6) is 0. The fraction of sp³-hybridized carbons (Fsp3) is 1.00. The summed E-state index contributed by atoms with van der Waals surface area (Å²) in [5.41, 5.74) is -8.03. The van der Waals surface area contributed by atoms with Gasteiger partial charge in [0.05, 0.1) is 0 Å². The maximum Gasteiger partial charge on any atom is 0.214 e. The molecule has 0 bridgehead atoms. The van der Waals surface area contributed by atoms with Gasteiger partial charge in [-0.25, -0.2) is 22.0 Å². The predicted molar refractivity (Wildman–Crippen MR) is 32.1 cm³/mol. The fourth-order valence-corrected chi connectivity index (χ4v) is 1.79. The first kappa shape index (κ1) is 9.09. The normalized spacial score (nSPS) is 51.5. The van der Waals surface area contributed by atoms with Crippen LogP contribution in [0.25, 0.3) is 0 Å². The standard InChI is InChI=1S/C5H5F5S/c6-1-5(10)2(7)3(8)11-4(5)9/h2-4H,1H2. The third-order valence-corrected chi connectivity index (χ3v) is 2.65. The zero-order chi connectivity index (χ0) is 8.65. The number of halogens is 5. The second-order valence-corrected chi connectivity index (χ2v) is 3.40. The molecule has 1 aliphatic rings. The van der Waals surface area contributed by atoms with Gasteiger partial charge < -0.3 is 0 Å². The minimum Gasteiger partial charge on any atom is -0.247 e. The van der Waals surface area contributed by atoms with Gasteiger partial charge in [-0.05, 0) is 0 Å². The summed E-state index contributed by atoms with van der Waals surface area (Å²) in [4.78, 5) is 0. The number of rotatable bonds is 1. The molecule has 0 aromatic heterocycles. The second-order valence-electron chi connectivity index (χ2n) is 2.27. The Morgan fingerprint density at radius 1 is 1.27 bits per heavy atom. The van der Waals surface area contributed by atoms with Gasteiger partial charge in [0.25, 0.3) is 0 Å². The van der Waals surface area contributed by atoms with Crippen molar-refractivity contribution in [3.05, 3.63) is 0 Å². The minimum absolute atomic E-state index is 0.163. The van der Waals surface area contributed by atoms with Gasteiger partial charge in [0, 0.05) is 0 Å². The summed E-state index contributed by atoms with van der Waals surface area (Å²) in [6, 6.07) is 0. The molecule has 0 N–H and O–H groups in total. The van der Waals surface area contributed by atoms with E-state index in [1.165, 1.54) is 0 Å². The van der Waals surface area contributed by atoms with E-state index in [1.54, 1.807) is 0 Å². The van der Waals surface area contributed by atoms with Crippen LogP contribution in [0.3, 0.4) is 0 Å². The molecule has 6 heteroatoms. The van der Waals surface area contributed by atoms with E-state index in [0.717, 1.165) is 0 Å². The summed E-state index contributed by atoms with van der Waals surface area (Å²) in [5, 5.41) is 0. The number of alkyl halides is 5. The molecule has 0 aliphatic carbocycles. The molecule has 1 fully saturated rings. The van der Waals surface area contributed by atoms with Gasteiger partial charge in [0.1, 0.15) is 6.67 Å². The highest BCUT2D eigenvalue weighted by Gasteiger charge is 2.59. The van der Waals surface area contributed by atoms with E-state index in [-0.39, 0.29) is 11.8 Å². The Morgan fingerprint density at radius 3 is 2.00 bits per heavy atom. The van der Waals surface area contributed by atoms with E-state index in [2.05, 4.69) is 0 Å². The third-order valence-electron chi connectivity index (χ3n) is 1.52. The lowest BCUT2D eigenvalue weighted by Crippen LogP contribution is -2.41. The maximum atomic E-state index is 12.7. The summed E-state index contributed by atoms with van der Waals surface area (Å²) in [6.45, 7) is -1.83. The Labute approximate surface area is 64.1 Å². The molecule has 0 spiro atoms. The van der Waals surface area contributed by atoms with Crippen LogP contribution in [-0.2, 0) is 0 Å². The van der Waals surface area contributed by atoms with E-state index in [0.29, 0.717) is 0 Å². The molecule has 11 heavy (non-hydrogen) atoms. The Balaban J connectivity index is 2.78. The molecule has 1 saturated heterocycles. The van der Waals surface area contributed by atoms with Gasteiger partial charge in [-0.2, -0.15) is 0 Å². The predicted octanol–water partition coefficient (Wildman–Crippen LogP) is 2.34. The summed E-state index contributed by atoms with van der Waals surface area (Å²) in [6.07, 6.45) is -2.70. The number of hydrogen-bond acceptors (Lipinski definition) is 1. The molecule has 0 amide bonds. The van der Waals surface area contributed by atoms with Crippen molar-refractivity contribution >= 4 is 11.8 Å². The summed E-state index contributed by atoms with van der Waals surface area (Å²) < 4.78 is 61.3. The molecule has 66 valence electrons. The van der Waals surface area contributed by atoms with Crippen LogP contribution in [0.1, 0.15) is 0 Å². The molecule has 1 aliphatic heterocycles. The molecular weight excluding hydrogens is 187 g/mol. The average Bonchev–Trinajstić information content (AvgIpc) is 2.16.